The van der Waals surface area contributed by atoms with Crippen molar-refractivity contribution in [2.24, 2.45) is 0 Å². The molecule has 1 aromatic rings. The molecule has 0 bridgehead atoms. The number of thiophene rings is 1. The van der Waals surface area contributed by atoms with Crippen molar-refractivity contribution >= 4 is 33.8 Å². The van der Waals surface area contributed by atoms with Crippen molar-refractivity contribution in [2.75, 3.05) is 43.6 Å². The van der Waals surface area contributed by atoms with Crippen molar-refractivity contribution in [2.45, 2.75) is 30.7 Å². The fourth-order valence-corrected chi connectivity index (χ4v) is 4.81. The first-order valence-electron chi connectivity index (χ1n) is 6.93. The first-order chi connectivity index (χ1) is 9.62. The fourth-order valence-electron chi connectivity index (χ4n) is 2.75. The summed E-state index contributed by atoms with van der Waals surface area (Å²) in [5, 5.41) is 10.4. The lowest BCUT2D eigenvalue weighted by molar-refractivity contribution is 0.328. The third kappa shape index (κ3) is 2.90. The highest BCUT2D eigenvalue weighted by Gasteiger charge is 2.27. The minimum atomic E-state index is 0.498. The molecule has 20 heavy (non-hydrogen) atoms. The molecule has 0 spiro atoms. The number of nitrogens with zero attached hydrogens (tertiary/aromatic N) is 3. The SMILES string of the molecule is CCC1CN(C)CCCN1c1sc(C#N)c(N)c1SC. The van der Waals surface area contributed by atoms with E-state index in [0.29, 0.717) is 16.6 Å². The Kier molecular flexibility index (Phi) is 5.19. The summed E-state index contributed by atoms with van der Waals surface area (Å²) in [6.07, 6.45) is 4.30. The van der Waals surface area contributed by atoms with Crippen LogP contribution in [0.2, 0.25) is 0 Å². The van der Waals surface area contributed by atoms with E-state index in [2.05, 4.69) is 29.8 Å². The summed E-state index contributed by atoms with van der Waals surface area (Å²) < 4.78 is 0. The molecular weight excluding hydrogens is 288 g/mol. The number of likely N-dealkylation sites (N-methyl/N-ethyl adjacent to an activating group) is 1. The van der Waals surface area contributed by atoms with Crippen LogP contribution in [0.1, 0.15) is 24.6 Å². The molecule has 1 unspecified atom stereocenters. The third-order valence-electron chi connectivity index (χ3n) is 3.82. The normalized spacial score (nSPS) is 20.7. The van der Waals surface area contributed by atoms with Crippen LogP contribution in [0.4, 0.5) is 10.7 Å². The van der Waals surface area contributed by atoms with Crippen molar-refractivity contribution in [3.63, 3.8) is 0 Å². The second kappa shape index (κ2) is 6.70. The number of thioether (sulfide) groups is 1. The van der Waals surface area contributed by atoms with Crippen molar-refractivity contribution in [3.05, 3.63) is 4.88 Å². The van der Waals surface area contributed by atoms with Crippen molar-refractivity contribution in [1.29, 1.82) is 5.26 Å². The Labute approximate surface area is 129 Å². The predicted molar refractivity (Wildman–Crippen MR) is 88.8 cm³/mol. The molecule has 1 fully saturated rings. The Morgan fingerprint density at radius 1 is 1.50 bits per heavy atom. The molecule has 0 aliphatic carbocycles. The third-order valence-corrected chi connectivity index (χ3v) is 5.92. The lowest BCUT2D eigenvalue weighted by Crippen LogP contribution is -2.39. The summed E-state index contributed by atoms with van der Waals surface area (Å²) in [6.45, 7) is 5.48. The summed E-state index contributed by atoms with van der Waals surface area (Å²) in [6, 6.07) is 2.73. The van der Waals surface area contributed by atoms with Gasteiger partial charge in [-0.1, -0.05) is 6.92 Å². The number of rotatable bonds is 3. The van der Waals surface area contributed by atoms with Crippen LogP contribution in [0.15, 0.2) is 4.90 Å². The van der Waals surface area contributed by atoms with Crippen molar-refractivity contribution in [3.8, 4) is 6.07 Å². The van der Waals surface area contributed by atoms with Crippen LogP contribution in [-0.4, -0.2) is 43.9 Å². The molecule has 0 saturated carbocycles. The van der Waals surface area contributed by atoms with Crippen LogP contribution in [0.5, 0.6) is 0 Å². The van der Waals surface area contributed by atoms with Gasteiger partial charge in [-0.05, 0) is 32.7 Å². The summed E-state index contributed by atoms with van der Waals surface area (Å²) in [7, 11) is 2.19. The minimum Gasteiger partial charge on any atom is -0.396 e. The zero-order valence-electron chi connectivity index (χ0n) is 12.3. The molecule has 6 heteroatoms. The van der Waals surface area contributed by atoms with E-state index in [1.807, 2.05) is 6.26 Å². The highest BCUT2D eigenvalue weighted by molar-refractivity contribution is 7.99. The van der Waals surface area contributed by atoms with E-state index in [1.165, 1.54) is 5.00 Å². The smallest absolute Gasteiger partial charge is 0.131 e. The molecular formula is C14H22N4S2. The second-order valence-electron chi connectivity index (χ2n) is 5.17. The number of hydrogen-bond acceptors (Lipinski definition) is 6. The van der Waals surface area contributed by atoms with E-state index < -0.39 is 0 Å². The Bertz CT molecular complexity index is 506. The quantitative estimate of drug-likeness (QED) is 0.870. The van der Waals surface area contributed by atoms with E-state index in [1.54, 1.807) is 23.1 Å². The number of nitrogens with two attached hydrogens (primary N) is 1. The summed E-state index contributed by atoms with van der Waals surface area (Å²) in [4.78, 5) is 6.60. The lowest BCUT2D eigenvalue weighted by atomic mass is 10.2. The van der Waals surface area contributed by atoms with Gasteiger partial charge in [0.1, 0.15) is 15.9 Å². The largest absolute Gasteiger partial charge is 0.396 e. The van der Waals surface area contributed by atoms with Gasteiger partial charge in [-0.25, -0.2) is 0 Å². The van der Waals surface area contributed by atoms with E-state index in [4.69, 9.17) is 5.73 Å². The minimum absolute atomic E-state index is 0.498. The molecule has 110 valence electrons. The van der Waals surface area contributed by atoms with Crippen molar-refractivity contribution < 1.29 is 0 Å². The molecule has 0 amide bonds. The number of nitriles is 1. The van der Waals surface area contributed by atoms with E-state index >= 15 is 0 Å². The van der Waals surface area contributed by atoms with Crippen LogP contribution in [0.25, 0.3) is 0 Å². The molecule has 1 saturated heterocycles. The number of nitrogen functional groups attached to an aromatic ring is 1. The standard InChI is InChI=1S/C14H22N4S2/c1-4-10-9-17(2)6-5-7-18(10)14-13(19-3)12(16)11(8-15)20-14/h10H,4-7,9,16H2,1-3H3. The van der Waals surface area contributed by atoms with Crippen LogP contribution >= 0.6 is 23.1 Å². The monoisotopic (exact) mass is 310 g/mol. The zero-order chi connectivity index (χ0) is 14.7. The lowest BCUT2D eigenvalue weighted by Gasteiger charge is -2.31. The Morgan fingerprint density at radius 2 is 2.25 bits per heavy atom. The van der Waals surface area contributed by atoms with Gasteiger partial charge in [0.25, 0.3) is 0 Å². The maximum absolute atomic E-state index is 9.22. The molecule has 4 nitrogen and oxygen atoms in total. The molecule has 2 heterocycles. The molecule has 1 aliphatic heterocycles. The van der Waals surface area contributed by atoms with Gasteiger partial charge in [0.15, 0.2) is 0 Å². The Morgan fingerprint density at radius 3 is 2.85 bits per heavy atom. The molecule has 2 N–H and O–H groups in total. The molecule has 0 radical (unpaired) electrons. The van der Waals surface area contributed by atoms with Crippen LogP contribution in [-0.2, 0) is 0 Å². The summed E-state index contributed by atoms with van der Waals surface area (Å²) >= 11 is 3.20. The Balaban J connectivity index is 2.40. The summed E-state index contributed by atoms with van der Waals surface area (Å²) in [5.41, 5.74) is 6.77. The second-order valence-corrected chi connectivity index (χ2v) is 6.98. The molecule has 1 aromatic heterocycles. The van der Waals surface area contributed by atoms with Crippen LogP contribution in [0, 0.1) is 11.3 Å². The van der Waals surface area contributed by atoms with Gasteiger partial charge in [-0.15, -0.1) is 23.1 Å². The maximum Gasteiger partial charge on any atom is 0.131 e. The topological polar surface area (TPSA) is 56.3 Å². The zero-order valence-corrected chi connectivity index (χ0v) is 14.0. The molecule has 1 atom stereocenters. The molecule has 1 aliphatic rings. The molecule has 2 rings (SSSR count). The van der Waals surface area contributed by atoms with Crippen molar-refractivity contribution in [1.82, 2.24) is 4.90 Å². The van der Waals surface area contributed by atoms with Gasteiger partial charge in [0.05, 0.1) is 10.6 Å². The van der Waals surface area contributed by atoms with Gasteiger partial charge < -0.3 is 15.5 Å². The summed E-state index contributed by atoms with van der Waals surface area (Å²) in [5.74, 6) is 0. The highest BCUT2D eigenvalue weighted by Crippen LogP contribution is 2.44. The predicted octanol–water partition coefficient (Wildman–Crippen LogP) is 2.84. The van der Waals surface area contributed by atoms with Gasteiger partial charge in [-0.2, -0.15) is 5.26 Å². The van der Waals surface area contributed by atoms with Gasteiger partial charge in [0.2, 0.25) is 0 Å². The van der Waals surface area contributed by atoms with E-state index in [-0.39, 0.29) is 0 Å². The van der Waals surface area contributed by atoms with E-state index in [9.17, 15) is 5.26 Å². The first-order valence-corrected chi connectivity index (χ1v) is 8.98. The highest BCUT2D eigenvalue weighted by atomic mass is 32.2. The Hall–Kier alpha value is -0.900. The first kappa shape index (κ1) is 15.5. The average Bonchev–Trinajstić information content (AvgIpc) is 2.64. The number of hydrogen-bond donors (Lipinski definition) is 1. The number of anilines is 2. The van der Waals surface area contributed by atoms with Crippen LogP contribution in [0.3, 0.4) is 0 Å². The fraction of sp³-hybridized carbons (Fsp3) is 0.643. The average molecular weight is 310 g/mol. The van der Waals surface area contributed by atoms with Gasteiger partial charge in [-0.3, -0.25) is 0 Å². The van der Waals surface area contributed by atoms with Gasteiger partial charge >= 0.3 is 0 Å². The van der Waals surface area contributed by atoms with Gasteiger partial charge in [0, 0.05) is 19.1 Å². The van der Waals surface area contributed by atoms with E-state index in [0.717, 1.165) is 37.4 Å². The maximum atomic E-state index is 9.22. The van der Waals surface area contributed by atoms with Crippen LogP contribution < -0.4 is 10.6 Å². The molecule has 0 aromatic carbocycles.